The number of nitrogens with zero attached hydrogens (tertiary/aromatic N) is 2. The second-order valence-corrected chi connectivity index (χ2v) is 6.28. The normalized spacial score (nSPS) is 10.0. The summed E-state index contributed by atoms with van der Waals surface area (Å²) in [5.74, 6) is -0.784. The molecule has 0 aliphatic rings. The molecule has 0 spiro atoms. The zero-order valence-electron chi connectivity index (χ0n) is 15.5. The third-order valence-corrected chi connectivity index (χ3v) is 4.36. The summed E-state index contributed by atoms with van der Waals surface area (Å²) in [5, 5.41) is 14.5. The summed E-state index contributed by atoms with van der Waals surface area (Å²) in [6.45, 7) is 3.91. The quantitative estimate of drug-likeness (QED) is 0.723. The molecule has 0 saturated heterocycles. The number of nitrogens with one attached hydrogen (secondary N) is 2. The lowest BCUT2D eigenvalue weighted by atomic mass is 10.1. The standard InChI is InChI=1S/C22H18N4O2/c1-14-5-3-8-19(15(14)2)26-21(27)17-9-10-24-20(12-17)22(28)25-18-7-4-6-16(11-18)13-23/h3-12H,1-2H3,(H,25,28)(H,26,27). The number of carbonyl (C=O) groups is 2. The Kier molecular flexibility index (Phi) is 5.47. The topological polar surface area (TPSA) is 94.9 Å². The molecular weight excluding hydrogens is 352 g/mol. The van der Waals surface area contributed by atoms with Gasteiger partial charge >= 0.3 is 0 Å². The van der Waals surface area contributed by atoms with Crippen molar-refractivity contribution in [2.75, 3.05) is 10.6 Å². The van der Waals surface area contributed by atoms with Crippen LogP contribution in [-0.4, -0.2) is 16.8 Å². The summed E-state index contributed by atoms with van der Waals surface area (Å²) in [6.07, 6.45) is 1.42. The molecule has 2 aromatic carbocycles. The molecular formula is C22H18N4O2. The summed E-state index contributed by atoms with van der Waals surface area (Å²) >= 11 is 0. The third kappa shape index (κ3) is 4.22. The second kappa shape index (κ2) is 8.14. The molecule has 138 valence electrons. The molecule has 1 aromatic heterocycles. The van der Waals surface area contributed by atoms with Crippen LogP contribution in [0.5, 0.6) is 0 Å². The Morgan fingerprint density at radius 2 is 1.75 bits per heavy atom. The van der Waals surface area contributed by atoms with Crippen LogP contribution in [0.4, 0.5) is 11.4 Å². The molecule has 3 aromatic rings. The molecule has 3 rings (SSSR count). The van der Waals surface area contributed by atoms with Crippen molar-refractivity contribution >= 4 is 23.2 Å². The highest BCUT2D eigenvalue weighted by molar-refractivity contribution is 6.08. The molecule has 0 unspecified atom stereocenters. The maximum absolute atomic E-state index is 12.6. The van der Waals surface area contributed by atoms with Crippen LogP contribution < -0.4 is 10.6 Å². The first kappa shape index (κ1) is 18.8. The van der Waals surface area contributed by atoms with Crippen LogP contribution in [0, 0.1) is 25.2 Å². The number of aromatic nitrogens is 1. The minimum absolute atomic E-state index is 0.107. The number of anilines is 2. The van der Waals surface area contributed by atoms with Crippen LogP contribution in [0.2, 0.25) is 0 Å². The van der Waals surface area contributed by atoms with E-state index in [0.29, 0.717) is 16.8 Å². The predicted octanol–water partition coefficient (Wildman–Crippen LogP) is 4.07. The van der Waals surface area contributed by atoms with Gasteiger partial charge in [0.15, 0.2) is 0 Å². The van der Waals surface area contributed by atoms with E-state index in [2.05, 4.69) is 15.6 Å². The Morgan fingerprint density at radius 1 is 0.964 bits per heavy atom. The average Bonchev–Trinajstić information content (AvgIpc) is 2.71. The number of aryl methyl sites for hydroxylation is 1. The van der Waals surface area contributed by atoms with Crippen molar-refractivity contribution in [2.24, 2.45) is 0 Å². The Bertz CT molecular complexity index is 1100. The summed E-state index contributed by atoms with van der Waals surface area (Å²) in [6, 6.07) is 17.2. The SMILES string of the molecule is Cc1cccc(NC(=O)c2ccnc(C(=O)Nc3cccc(C#N)c3)c2)c1C. The van der Waals surface area contributed by atoms with Crippen LogP contribution in [0.25, 0.3) is 0 Å². The van der Waals surface area contributed by atoms with Crippen LogP contribution in [0.15, 0.2) is 60.8 Å². The molecule has 2 N–H and O–H groups in total. The van der Waals surface area contributed by atoms with Crippen molar-refractivity contribution in [3.63, 3.8) is 0 Å². The lowest BCUT2D eigenvalue weighted by Gasteiger charge is -2.11. The van der Waals surface area contributed by atoms with Gasteiger partial charge in [-0.1, -0.05) is 18.2 Å². The van der Waals surface area contributed by atoms with Gasteiger partial charge in [0, 0.05) is 23.1 Å². The molecule has 2 amide bonds. The maximum Gasteiger partial charge on any atom is 0.274 e. The van der Waals surface area contributed by atoms with Gasteiger partial charge < -0.3 is 10.6 Å². The molecule has 0 aliphatic carbocycles. The number of nitriles is 1. The number of amides is 2. The largest absolute Gasteiger partial charge is 0.322 e. The first-order chi connectivity index (χ1) is 13.5. The van der Waals surface area contributed by atoms with E-state index < -0.39 is 5.91 Å². The van der Waals surface area contributed by atoms with Crippen LogP contribution in [0.3, 0.4) is 0 Å². The van der Waals surface area contributed by atoms with E-state index in [-0.39, 0.29) is 11.6 Å². The predicted molar refractivity (Wildman–Crippen MR) is 107 cm³/mol. The van der Waals surface area contributed by atoms with Crippen LogP contribution in [-0.2, 0) is 0 Å². The lowest BCUT2D eigenvalue weighted by Crippen LogP contribution is -2.17. The summed E-state index contributed by atoms with van der Waals surface area (Å²) in [5.41, 5.74) is 4.14. The first-order valence-corrected chi connectivity index (χ1v) is 8.63. The molecule has 6 heteroatoms. The van der Waals surface area contributed by atoms with Crippen LogP contribution >= 0.6 is 0 Å². The van der Waals surface area contributed by atoms with Crippen LogP contribution in [0.1, 0.15) is 37.5 Å². The Morgan fingerprint density at radius 3 is 2.54 bits per heavy atom. The third-order valence-electron chi connectivity index (χ3n) is 4.36. The highest BCUT2D eigenvalue weighted by atomic mass is 16.2. The second-order valence-electron chi connectivity index (χ2n) is 6.28. The summed E-state index contributed by atoms with van der Waals surface area (Å²) in [7, 11) is 0. The van der Waals surface area contributed by atoms with Crippen molar-refractivity contribution in [3.8, 4) is 6.07 Å². The lowest BCUT2D eigenvalue weighted by molar-refractivity contribution is 0.102. The van der Waals surface area contributed by atoms with Gasteiger partial charge in [0.2, 0.25) is 0 Å². The Labute approximate surface area is 162 Å². The van der Waals surface area contributed by atoms with Crippen molar-refractivity contribution < 1.29 is 9.59 Å². The molecule has 0 aliphatic heterocycles. The van der Waals surface area contributed by atoms with Gasteiger partial charge in [-0.05, 0) is 61.4 Å². The highest BCUT2D eigenvalue weighted by Gasteiger charge is 2.13. The van der Waals surface area contributed by atoms with E-state index in [9.17, 15) is 9.59 Å². The minimum atomic E-state index is -0.462. The van der Waals surface area contributed by atoms with Crippen molar-refractivity contribution in [1.82, 2.24) is 4.98 Å². The first-order valence-electron chi connectivity index (χ1n) is 8.63. The molecule has 6 nitrogen and oxygen atoms in total. The smallest absolute Gasteiger partial charge is 0.274 e. The van der Waals surface area contributed by atoms with E-state index >= 15 is 0 Å². The number of pyridine rings is 1. The zero-order chi connectivity index (χ0) is 20.1. The van der Waals surface area contributed by atoms with Crippen molar-refractivity contribution in [1.29, 1.82) is 5.26 Å². The number of hydrogen-bond donors (Lipinski definition) is 2. The summed E-state index contributed by atoms with van der Waals surface area (Å²) in [4.78, 5) is 29.1. The van der Waals surface area contributed by atoms with E-state index in [1.807, 2.05) is 38.1 Å². The fourth-order valence-corrected chi connectivity index (χ4v) is 2.64. The number of rotatable bonds is 4. The Hall–Kier alpha value is -3.98. The molecule has 0 bridgehead atoms. The van der Waals surface area contributed by atoms with Gasteiger partial charge in [0.25, 0.3) is 11.8 Å². The minimum Gasteiger partial charge on any atom is -0.322 e. The average molecular weight is 370 g/mol. The number of hydrogen-bond acceptors (Lipinski definition) is 4. The monoisotopic (exact) mass is 370 g/mol. The van der Waals surface area contributed by atoms with Crippen molar-refractivity contribution in [2.45, 2.75) is 13.8 Å². The molecule has 0 fully saturated rings. The van der Waals surface area contributed by atoms with Gasteiger partial charge in [-0.3, -0.25) is 14.6 Å². The van der Waals surface area contributed by atoms with Crippen molar-refractivity contribution in [3.05, 3.63) is 88.7 Å². The molecule has 0 radical (unpaired) electrons. The van der Waals surface area contributed by atoms with E-state index in [1.165, 1.54) is 12.3 Å². The fraction of sp³-hybridized carbons (Fsp3) is 0.0909. The molecule has 0 atom stereocenters. The molecule has 0 saturated carbocycles. The van der Waals surface area contributed by atoms with Gasteiger partial charge in [-0.2, -0.15) is 5.26 Å². The number of benzene rings is 2. The number of carbonyl (C=O) groups excluding carboxylic acids is 2. The fourth-order valence-electron chi connectivity index (χ4n) is 2.64. The van der Waals surface area contributed by atoms with E-state index in [0.717, 1.165) is 16.8 Å². The maximum atomic E-state index is 12.6. The van der Waals surface area contributed by atoms with E-state index in [4.69, 9.17) is 5.26 Å². The molecule has 1 heterocycles. The molecule has 28 heavy (non-hydrogen) atoms. The summed E-state index contributed by atoms with van der Waals surface area (Å²) < 4.78 is 0. The van der Waals surface area contributed by atoms with Gasteiger partial charge in [-0.15, -0.1) is 0 Å². The van der Waals surface area contributed by atoms with E-state index in [1.54, 1.807) is 30.3 Å². The van der Waals surface area contributed by atoms with Gasteiger partial charge in [0.05, 0.1) is 11.6 Å². The van der Waals surface area contributed by atoms with Gasteiger partial charge in [0.1, 0.15) is 5.69 Å². The van der Waals surface area contributed by atoms with Gasteiger partial charge in [-0.25, -0.2) is 0 Å². The highest BCUT2D eigenvalue weighted by Crippen LogP contribution is 2.19. The Balaban J connectivity index is 1.77. The zero-order valence-corrected chi connectivity index (χ0v) is 15.5.